The van der Waals surface area contributed by atoms with Gasteiger partial charge in [0.15, 0.2) is 5.75 Å². The molecular weight excluding hydrogens is 697 g/mol. The third-order valence-corrected chi connectivity index (χ3v) is 12.0. The minimum Gasteiger partial charge on any atom is -0.488 e. The maximum atomic E-state index is 9.33. The van der Waals surface area contributed by atoms with Gasteiger partial charge < -0.3 is 39.2 Å². The summed E-state index contributed by atoms with van der Waals surface area (Å²) in [7, 11) is 0. The molecule has 4 aliphatic rings. The second-order valence-corrected chi connectivity index (χ2v) is 15.6. The predicted molar refractivity (Wildman–Crippen MR) is 214 cm³/mol. The van der Waals surface area contributed by atoms with Gasteiger partial charge in [0.2, 0.25) is 5.95 Å². The fraction of sp³-hybridized carbons (Fsp3) is 0.667. The van der Waals surface area contributed by atoms with Crippen LogP contribution in [0.15, 0.2) is 42.7 Å². The van der Waals surface area contributed by atoms with Crippen molar-refractivity contribution in [1.82, 2.24) is 19.8 Å². The molecule has 3 saturated heterocycles. The molecular formula is C42H62N8O5. The van der Waals surface area contributed by atoms with Crippen LogP contribution in [0.25, 0.3) is 0 Å². The molecule has 13 nitrogen and oxygen atoms in total. The molecule has 6 rings (SSSR count). The Morgan fingerprint density at radius 2 is 1.49 bits per heavy atom. The topological polar surface area (TPSA) is 155 Å². The van der Waals surface area contributed by atoms with Crippen LogP contribution >= 0.6 is 0 Å². The van der Waals surface area contributed by atoms with Crippen LogP contribution in [0, 0.1) is 34.5 Å². The number of aromatic nitrogens is 2. The summed E-state index contributed by atoms with van der Waals surface area (Å²) in [5.41, 5.74) is 8.04. The van der Waals surface area contributed by atoms with Crippen LogP contribution in [0.5, 0.6) is 5.75 Å². The van der Waals surface area contributed by atoms with Gasteiger partial charge in [-0.2, -0.15) is 0 Å². The van der Waals surface area contributed by atoms with Crippen molar-refractivity contribution in [3.05, 3.63) is 48.3 Å². The molecule has 1 spiro atoms. The van der Waals surface area contributed by atoms with E-state index in [0.717, 1.165) is 70.5 Å². The zero-order chi connectivity index (χ0) is 38.5. The number of rotatable bonds is 21. The summed E-state index contributed by atoms with van der Waals surface area (Å²) in [4.78, 5) is 16.3. The van der Waals surface area contributed by atoms with Gasteiger partial charge in [-0.15, -0.1) is 6.42 Å². The van der Waals surface area contributed by atoms with Gasteiger partial charge in [-0.1, -0.05) is 36.3 Å². The Morgan fingerprint density at radius 1 is 0.909 bits per heavy atom. The molecule has 0 radical (unpaired) electrons. The number of ether oxygens (including phenoxy) is 5. The lowest BCUT2D eigenvalue weighted by atomic mass is 9.57. The number of amidine groups is 2. The van der Waals surface area contributed by atoms with E-state index >= 15 is 0 Å². The standard InChI is InChI=1S/C42H62N8O5/c1-3-17-51-18-19-52-20-21-53-22-23-54-24-25-55-38-30-46-41(47-31-38)48-15-12-42(13-16-48)28-34(29-42)40(45)50(32(2)43)37-26-35-9-10-36(27-37)49(35)14-11-39(44)33-7-5-4-6-8-33/h1,4-8,30-31,34-37,39,43,45H,9-29,44H2,2H3/t35?,36?,37?,39-/m0/s1. The number of hydrogen-bond acceptors (Lipinski definition) is 12. The van der Waals surface area contributed by atoms with E-state index < -0.39 is 0 Å². The number of fused-ring (bicyclic) bond motifs is 2. The van der Waals surface area contributed by atoms with Crippen LogP contribution in [-0.4, -0.2) is 129 Å². The third-order valence-electron chi connectivity index (χ3n) is 12.0. The van der Waals surface area contributed by atoms with E-state index in [1.807, 2.05) is 13.0 Å². The number of hydrogen-bond donors (Lipinski definition) is 3. The van der Waals surface area contributed by atoms with Crippen molar-refractivity contribution in [2.24, 2.45) is 17.1 Å². The Balaban J connectivity index is 0.852. The number of nitrogens with zero attached hydrogens (tertiary/aromatic N) is 5. The summed E-state index contributed by atoms with van der Waals surface area (Å²) in [6.07, 6.45) is 18.2. The molecule has 1 saturated carbocycles. The lowest BCUT2D eigenvalue weighted by Gasteiger charge is -2.54. The van der Waals surface area contributed by atoms with Crippen molar-refractivity contribution in [2.75, 3.05) is 84.0 Å². The van der Waals surface area contributed by atoms with Gasteiger partial charge in [0.05, 0.1) is 64.5 Å². The van der Waals surface area contributed by atoms with E-state index in [4.69, 9.17) is 41.3 Å². The van der Waals surface area contributed by atoms with Crippen LogP contribution in [-0.2, 0) is 18.9 Å². The molecule has 13 heteroatoms. The summed E-state index contributed by atoms with van der Waals surface area (Å²) >= 11 is 0. The van der Waals surface area contributed by atoms with Crippen molar-refractivity contribution in [2.45, 2.75) is 88.9 Å². The molecule has 1 aromatic heterocycles. The Hall–Kier alpha value is -3.64. The summed E-state index contributed by atoms with van der Waals surface area (Å²) in [5, 5.41) is 18.1. The number of benzene rings is 1. The highest BCUT2D eigenvalue weighted by molar-refractivity contribution is 5.99. The molecule has 2 aromatic rings. The monoisotopic (exact) mass is 758 g/mol. The maximum Gasteiger partial charge on any atom is 0.225 e. The van der Waals surface area contributed by atoms with Crippen LogP contribution in [0.3, 0.4) is 0 Å². The maximum absolute atomic E-state index is 9.33. The van der Waals surface area contributed by atoms with Crippen molar-refractivity contribution < 1.29 is 23.7 Å². The van der Waals surface area contributed by atoms with E-state index in [9.17, 15) is 5.41 Å². The van der Waals surface area contributed by atoms with Crippen LogP contribution < -0.4 is 15.4 Å². The normalized spacial score (nSPS) is 22.6. The van der Waals surface area contributed by atoms with Crippen molar-refractivity contribution in [3.8, 4) is 18.1 Å². The fourth-order valence-electron chi connectivity index (χ4n) is 9.15. The molecule has 1 aliphatic carbocycles. The Labute approximate surface area is 327 Å². The quantitative estimate of drug-likeness (QED) is 0.0689. The van der Waals surface area contributed by atoms with Crippen LogP contribution in [0.2, 0.25) is 0 Å². The minimum atomic E-state index is 0.0567. The van der Waals surface area contributed by atoms with E-state index in [1.54, 1.807) is 12.4 Å². The average molecular weight is 759 g/mol. The van der Waals surface area contributed by atoms with Crippen molar-refractivity contribution in [1.29, 1.82) is 10.8 Å². The van der Waals surface area contributed by atoms with Gasteiger partial charge in [0, 0.05) is 49.7 Å². The molecule has 3 aliphatic heterocycles. The van der Waals surface area contributed by atoms with Crippen LogP contribution in [0.1, 0.15) is 76.3 Å². The number of anilines is 1. The molecule has 3 atom stereocenters. The molecule has 0 amide bonds. The summed E-state index contributed by atoms with van der Waals surface area (Å²) in [5.74, 6) is 5.19. The zero-order valence-corrected chi connectivity index (χ0v) is 32.7. The van der Waals surface area contributed by atoms with Crippen LogP contribution in [0.4, 0.5) is 5.95 Å². The fourth-order valence-corrected chi connectivity index (χ4v) is 9.15. The Bertz CT molecular complexity index is 1510. The van der Waals surface area contributed by atoms with Gasteiger partial charge in [0.25, 0.3) is 0 Å². The number of terminal acetylenes is 1. The molecule has 4 heterocycles. The third kappa shape index (κ3) is 11.2. The van der Waals surface area contributed by atoms with Crippen molar-refractivity contribution >= 4 is 17.6 Å². The van der Waals surface area contributed by atoms with Gasteiger partial charge >= 0.3 is 0 Å². The molecule has 1 aromatic carbocycles. The van der Waals surface area contributed by atoms with Gasteiger partial charge in [-0.3, -0.25) is 15.7 Å². The molecule has 300 valence electrons. The summed E-state index contributed by atoms with van der Waals surface area (Å²) in [6, 6.07) is 11.7. The predicted octanol–water partition coefficient (Wildman–Crippen LogP) is 4.91. The second kappa shape index (κ2) is 20.5. The number of nitrogens with one attached hydrogen (secondary N) is 2. The van der Waals surface area contributed by atoms with E-state index in [1.165, 1.54) is 18.4 Å². The number of nitrogens with two attached hydrogens (primary N) is 1. The smallest absolute Gasteiger partial charge is 0.225 e. The van der Waals surface area contributed by atoms with E-state index in [-0.39, 0.29) is 23.4 Å². The molecule has 2 unspecified atom stereocenters. The Kier molecular flexibility index (Phi) is 15.3. The number of piperidine rings is 2. The highest BCUT2D eigenvalue weighted by Gasteiger charge is 2.50. The van der Waals surface area contributed by atoms with Gasteiger partial charge in [0.1, 0.15) is 19.0 Å². The first-order valence-electron chi connectivity index (χ1n) is 20.3. The first kappa shape index (κ1) is 41.0. The molecule has 4 fully saturated rings. The van der Waals surface area contributed by atoms with Gasteiger partial charge in [-0.25, -0.2) is 9.97 Å². The Morgan fingerprint density at radius 3 is 2.07 bits per heavy atom. The summed E-state index contributed by atoms with van der Waals surface area (Å²) < 4.78 is 27.4. The SMILES string of the molecule is C#CCOCCOCCOCCOCCOc1cnc(N2CCC3(CC2)CC(C(=N)N(C(C)=N)C2CC4CCC(C2)N4CC[C@H](N)c2ccccc2)C3)nc1. The van der Waals surface area contributed by atoms with Crippen molar-refractivity contribution in [3.63, 3.8) is 0 Å². The molecule has 4 N–H and O–H groups in total. The summed E-state index contributed by atoms with van der Waals surface area (Å²) in [6.45, 7) is 8.82. The minimum absolute atomic E-state index is 0.0567. The highest BCUT2D eigenvalue weighted by Crippen LogP contribution is 2.54. The molecule has 2 bridgehead atoms. The lowest BCUT2D eigenvalue weighted by Crippen LogP contribution is -2.57. The van der Waals surface area contributed by atoms with E-state index in [0.29, 0.717) is 89.0 Å². The van der Waals surface area contributed by atoms with Gasteiger partial charge in [-0.05, 0) is 75.7 Å². The lowest BCUT2D eigenvalue weighted by molar-refractivity contribution is -0.00189. The van der Waals surface area contributed by atoms with E-state index in [2.05, 4.69) is 54.9 Å². The average Bonchev–Trinajstić information content (AvgIpc) is 3.43. The highest BCUT2D eigenvalue weighted by atomic mass is 16.6. The second-order valence-electron chi connectivity index (χ2n) is 15.6. The zero-order valence-electron chi connectivity index (χ0n) is 32.7. The first-order valence-corrected chi connectivity index (χ1v) is 20.3. The molecule has 55 heavy (non-hydrogen) atoms. The first-order chi connectivity index (χ1) is 26.9. The largest absolute Gasteiger partial charge is 0.488 e.